The number of benzene rings is 1. The number of thiocarbonyl (C=S) groups is 1. The smallest absolute Gasteiger partial charge is 0.277 e. The van der Waals surface area contributed by atoms with Crippen molar-refractivity contribution in [1.29, 1.82) is 0 Å². The maximum absolute atomic E-state index is 12.7. The Hall–Kier alpha value is -2.47. The van der Waals surface area contributed by atoms with Gasteiger partial charge in [-0.05, 0) is 37.7 Å². The molecule has 1 unspecified atom stereocenters. The molecule has 1 aromatic heterocycles. The second-order valence-corrected chi connectivity index (χ2v) is 5.95. The predicted octanol–water partition coefficient (Wildman–Crippen LogP) is 2.55. The maximum atomic E-state index is 12.7. The van der Waals surface area contributed by atoms with E-state index in [-0.39, 0.29) is 11.9 Å². The largest absolute Gasteiger partial charge is 0.328 e. The average molecular weight is 326 g/mol. The molecule has 0 spiro atoms. The molecule has 118 valence electrons. The number of nitrogens with zero attached hydrogens (tertiary/aromatic N) is 3. The van der Waals surface area contributed by atoms with Gasteiger partial charge in [0.05, 0.1) is 12.2 Å². The number of carbonyl (C=O) groups is 1. The van der Waals surface area contributed by atoms with Crippen LogP contribution in [0.2, 0.25) is 0 Å². The van der Waals surface area contributed by atoms with Gasteiger partial charge in [0.2, 0.25) is 0 Å². The highest BCUT2D eigenvalue weighted by molar-refractivity contribution is 7.80. The van der Waals surface area contributed by atoms with Crippen molar-refractivity contribution in [2.45, 2.75) is 19.9 Å². The molecule has 1 N–H and O–H groups in total. The zero-order chi connectivity index (χ0) is 16.6. The van der Waals surface area contributed by atoms with Crippen molar-refractivity contribution in [2.75, 3.05) is 0 Å². The summed E-state index contributed by atoms with van der Waals surface area (Å²) in [5.41, 5.74) is 3.42. The number of aromatic nitrogens is 2. The molecule has 5 nitrogen and oxygen atoms in total. The highest BCUT2D eigenvalue weighted by Gasteiger charge is 2.34. The Labute approximate surface area is 140 Å². The van der Waals surface area contributed by atoms with Gasteiger partial charge in [-0.3, -0.25) is 14.4 Å². The molecule has 0 saturated carbocycles. The van der Waals surface area contributed by atoms with Crippen LogP contribution in [0.5, 0.6) is 0 Å². The lowest BCUT2D eigenvalue weighted by atomic mass is 10.1. The summed E-state index contributed by atoms with van der Waals surface area (Å²) in [5, 5.41) is 7.64. The Morgan fingerprint density at radius 1 is 1.30 bits per heavy atom. The summed E-state index contributed by atoms with van der Waals surface area (Å²) in [6.45, 7) is 3.93. The molecule has 0 bridgehead atoms. The Balaban J connectivity index is 1.90. The summed E-state index contributed by atoms with van der Waals surface area (Å²) in [6.07, 6.45) is 3.54. The molecule has 0 aliphatic carbocycles. The minimum Gasteiger partial charge on any atom is -0.328 e. The maximum Gasteiger partial charge on any atom is 0.277 e. The Morgan fingerprint density at radius 3 is 2.61 bits per heavy atom. The summed E-state index contributed by atoms with van der Waals surface area (Å²) >= 11 is 5.36. The van der Waals surface area contributed by atoms with Gasteiger partial charge in [0.1, 0.15) is 5.70 Å². The van der Waals surface area contributed by atoms with Crippen LogP contribution in [0.1, 0.15) is 29.8 Å². The van der Waals surface area contributed by atoms with Crippen molar-refractivity contribution in [3.05, 3.63) is 59.0 Å². The minimum absolute atomic E-state index is 0.116. The quantitative estimate of drug-likeness (QED) is 0.696. The third-order valence-electron chi connectivity index (χ3n) is 4.15. The van der Waals surface area contributed by atoms with Gasteiger partial charge in [0.25, 0.3) is 5.91 Å². The number of nitrogens with one attached hydrogen (secondary N) is 1. The highest BCUT2D eigenvalue weighted by Crippen LogP contribution is 2.26. The second-order valence-electron chi connectivity index (χ2n) is 5.56. The number of hydrogen-bond donors (Lipinski definition) is 1. The van der Waals surface area contributed by atoms with E-state index in [1.807, 2.05) is 51.2 Å². The van der Waals surface area contributed by atoms with Crippen molar-refractivity contribution < 1.29 is 4.79 Å². The van der Waals surface area contributed by atoms with Crippen LogP contribution in [0.4, 0.5) is 0 Å². The zero-order valence-electron chi connectivity index (χ0n) is 13.3. The molecule has 6 heteroatoms. The summed E-state index contributed by atoms with van der Waals surface area (Å²) in [5.74, 6) is -0.116. The van der Waals surface area contributed by atoms with Gasteiger partial charge < -0.3 is 5.32 Å². The molecule has 1 aliphatic heterocycles. The van der Waals surface area contributed by atoms with E-state index in [1.165, 1.54) is 0 Å². The van der Waals surface area contributed by atoms with Gasteiger partial charge in [0.15, 0.2) is 5.11 Å². The number of hydrogen-bond acceptors (Lipinski definition) is 3. The van der Waals surface area contributed by atoms with E-state index in [1.54, 1.807) is 21.9 Å². The van der Waals surface area contributed by atoms with Crippen LogP contribution in [-0.2, 0) is 11.8 Å². The first kappa shape index (κ1) is 15.4. The SMILES string of the molecule is Cc1c(/C=C2\NC(=S)N(C(C)c3ccccc3)C2=O)cnn1C. The topological polar surface area (TPSA) is 50.2 Å². The lowest BCUT2D eigenvalue weighted by Crippen LogP contribution is -2.33. The fraction of sp³-hybridized carbons (Fsp3) is 0.235. The van der Waals surface area contributed by atoms with Gasteiger partial charge >= 0.3 is 0 Å². The second kappa shape index (κ2) is 5.96. The number of amides is 1. The van der Waals surface area contributed by atoms with E-state index in [4.69, 9.17) is 12.2 Å². The van der Waals surface area contributed by atoms with Crippen molar-refractivity contribution in [3.8, 4) is 0 Å². The van der Waals surface area contributed by atoms with Gasteiger partial charge in [-0.2, -0.15) is 5.10 Å². The van der Waals surface area contributed by atoms with E-state index in [9.17, 15) is 4.79 Å². The lowest BCUT2D eigenvalue weighted by molar-refractivity contribution is -0.123. The fourth-order valence-corrected chi connectivity index (χ4v) is 2.94. The van der Waals surface area contributed by atoms with Crippen LogP contribution in [-0.4, -0.2) is 25.7 Å². The minimum atomic E-state index is -0.121. The zero-order valence-corrected chi connectivity index (χ0v) is 14.1. The first-order valence-electron chi connectivity index (χ1n) is 7.39. The molecular formula is C17H18N4OS. The third-order valence-corrected chi connectivity index (χ3v) is 4.45. The average Bonchev–Trinajstić information content (AvgIpc) is 3.01. The molecule has 1 atom stereocenters. The molecule has 23 heavy (non-hydrogen) atoms. The standard InChI is InChI=1S/C17H18N4OS/c1-11-14(10-18-20(11)3)9-15-16(22)21(17(23)19-15)12(2)13-7-5-4-6-8-13/h4-10,12H,1-3H3,(H,19,23)/b15-9-. The molecule has 3 rings (SSSR count). The molecule has 1 saturated heterocycles. The monoisotopic (exact) mass is 326 g/mol. The molecule has 1 amide bonds. The Kier molecular flexibility index (Phi) is 4.00. The molecule has 0 radical (unpaired) electrons. The van der Waals surface area contributed by atoms with Crippen molar-refractivity contribution in [3.63, 3.8) is 0 Å². The van der Waals surface area contributed by atoms with Gasteiger partial charge in [-0.25, -0.2) is 0 Å². The highest BCUT2D eigenvalue weighted by atomic mass is 32.1. The van der Waals surface area contributed by atoms with Crippen LogP contribution in [0.3, 0.4) is 0 Å². The molecular weight excluding hydrogens is 308 g/mol. The normalized spacial score (nSPS) is 17.7. The van der Waals surface area contributed by atoms with E-state index in [0.717, 1.165) is 16.8 Å². The van der Waals surface area contributed by atoms with Crippen molar-refractivity contribution >= 4 is 29.3 Å². The first-order chi connectivity index (χ1) is 11.0. The van der Waals surface area contributed by atoms with Crippen LogP contribution in [0, 0.1) is 6.92 Å². The number of rotatable bonds is 3. The van der Waals surface area contributed by atoms with Crippen LogP contribution in [0.15, 0.2) is 42.2 Å². The summed E-state index contributed by atoms with van der Waals surface area (Å²) in [7, 11) is 1.87. The lowest BCUT2D eigenvalue weighted by Gasteiger charge is -2.23. The molecule has 1 aliphatic rings. The van der Waals surface area contributed by atoms with Crippen LogP contribution >= 0.6 is 12.2 Å². The molecule has 1 aromatic carbocycles. The predicted molar refractivity (Wildman–Crippen MR) is 93.4 cm³/mol. The van der Waals surface area contributed by atoms with E-state index in [2.05, 4.69) is 10.4 Å². The molecule has 2 heterocycles. The Bertz CT molecular complexity index is 794. The summed E-state index contributed by atoms with van der Waals surface area (Å²) in [6, 6.07) is 9.73. The van der Waals surface area contributed by atoms with Gasteiger partial charge in [-0.15, -0.1) is 0 Å². The third kappa shape index (κ3) is 2.77. The van der Waals surface area contributed by atoms with Crippen molar-refractivity contribution in [1.82, 2.24) is 20.0 Å². The van der Waals surface area contributed by atoms with Gasteiger partial charge in [-0.1, -0.05) is 30.3 Å². The summed E-state index contributed by atoms with van der Waals surface area (Å²) in [4.78, 5) is 14.3. The molecule has 2 aromatic rings. The van der Waals surface area contributed by atoms with Gasteiger partial charge in [0, 0.05) is 18.3 Å². The summed E-state index contributed by atoms with van der Waals surface area (Å²) < 4.78 is 1.77. The number of aryl methyl sites for hydroxylation is 1. The molecule has 1 fully saturated rings. The fourth-order valence-electron chi connectivity index (χ4n) is 2.59. The van der Waals surface area contributed by atoms with Crippen LogP contribution < -0.4 is 5.32 Å². The van der Waals surface area contributed by atoms with E-state index >= 15 is 0 Å². The van der Waals surface area contributed by atoms with Crippen LogP contribution in [0.25, 0.3) is 6.08 Å². The van der Waals surface area contributed by atoms with E-state index in [0.29, 0.717) is 10.8 Å². The number of carbonyl (C=O) groups excluding carboxylic acids is 1. The Morgan fingerprint density at radius 2 is 2.00 bits per heavy atom. The van der Waals surface area contributed by atoms with Crippen molar-refractivity contribution in [2.24, 2.45) is 7.05 Å². The van der Waals surface area contributed by atoms with E-state index < -0.39 is 0 Å². The first-order valence-corrected chi connectivity index (χ1v) is 7.79.